The van der Waals surface area contributed by atoms with Gasteiger partial charge < -0.3 is 4.42 Å². The second-order valence-electron chi connectivity index (χ2n) is 7.05. The molecule has 1 amide bonds. The van der Waals surface area contributed by atoms with Crippen LogP contribution in [0, 0.1) is 0 Å². The number of carbonyl (C=O) groups is 1. The molecule has 0 saturated heterocycles. The number of hydrogen-bond acceptors (Lipinski definition) is 6. The number of amides is 1. The van der Waals surface area contributed by atoms with E-state index in [1.54, 1.807) is 0 Å². The van der Waals surface area contributed by atoms with Crippen LogP contribution in [0.2, 0.25) is 0 Å². The van der Waals surface area contributed by atoms with Gasteiger partial charge in [0.15, 0.2) is 0 Å². The van der Waals surface area contributed by atoms with E-state index in [1.165, 1.54) is 28.6 Å². The van der Waals surface area contributed by atoms with Crippen LogP contribution in [0.3, 0.4) is 0 Å². The number of aromatic nitrogens is 2. The number of nitrogens with one attached hydrogen (secondary N) is 1. The van der Waals surface area contributed by atoms with Crippen LogP contribution in [0.4, 0.5) is 6.01 Å². The Morgan fingerprint density at radius 1 is 0.968 bits per heavy atom. The standard InChI is InChI=1S/C22H26N4O4S/c1-3-14-26(15-4-2)31(28,29)19-12-10-18(11-13-19)21(27)23-22-25-24-20(30-22)16-17-8-6-5-7-9-17/h5-13H,3-4,14-16H2,1-2H3,(H,23,25,27). The molecular formula is C22H26N4O4S. The number of nitrogens with zero attached hydrogens (tertiary/aromatic N) is 3. The topological polar surface area (TPSA) is 105 Å². The summed E-state index contributed by atoms with van der Waals surface area (Å²) >= 11 is 0. The molecule has 2 aromatic carbocycles. The van der Waals surface area contributed by atoms with Crippen molar-refractivity contribution in [3.63, 3.8) is 0 Å². The summed E-state index contributed by atoms with van der Waals surface area (Å²) in [4.78, 5) is 12.6. The molecule has 1 heterocycles. The van der Waals surface area contributed by atoms with E-state index in [1.807, 2.05) is 44.2 Å². The average molecular weight is 443 g/mol. The van der Waals surface area contributed by atoms with Crippen LogP contribution in [-0.4, -0.2) is 41.9 Å². The molecule has 0 bridgehead atoms. The van der Waals surface area contributed by atoms with Crippen molar-refractivity contribution in [1.82, 2.24) is 14.5 Å². The Morgan fingerprint density at radius 2 is 1.61 bits per heavy atom. The van der Waals surface area contributed by atoms with E-state index in [2.05, 4.69) is 15.5 Å². The zero-order valence-electron chi connectivity index (χ0n) is 17.6. The van der Waals surface area contributed by atoms with E-state index in [-0.39, 0.29) is 10.9 Å². The molecule has 0 fully saturated rings. The Kier molecular flexibility index (Phi) is 7.54. The summed E-state index contributed by atoms with van der Waals surface area (Å²) in [6.07, 6.45) is 1.93. The van der Waals surface area contributed by atoms with E-state index in [4.69, 9.17) is 4.42 Å². The summed E-state index contributed by atoms with van der Waals surface area (Å²) in [5.74, 6) is -0.0762. The highest BCUT2D eigenvalue weighted by Gasteiger charge is 2.23. The highest BCUT2D eigenvalue weighted by Crippen LogP contribution is 2.18. The first-order valence-corrected chi connectivity index (χ1v) is 11.7. The number of benzene rings is 2. The third-order valence-electron chi connectivity index (χ3n) is 4.59. The highest BCUT2D eigenvalue weighted by atomic mass is 32.2. The summed E-state index contributed by atoms with van der Waals surface area (Å²) in [6.45, 7) is 4.80. The minimum atomic E-state index is -3.59. The number of anilines is 1. The molecule has 0 aliphatic carbocycles. The van der Waals surface area contributed by atoms with Gasteiger partial charge in [-0.2, -0.15) is 4.31 Å². The number of rotatable bonds is 10. The minimum Gasteiger partial charge on any atom is -0.407 e. The summed E-state index contributed by atoms with van der Waals surface area (Å²) in [6, 6.07) is 15.5. The van der Waals surface area contributed by atoms with Gasteiger partial charge in [-0.3, -0.25) is 10.1 Å². The van der Waals surface area contributed by atoms with Gasteiger partial charge in [-0.25, -0.2) is 8.42 Å². The molecule has 0 saturated carbocycles. The van der Waals surface area contributed by atoms with Gasteiger partial charge in [0.25, 0.3) is 5.91 Å². The Morgan fingerprint density at radius 3 is 2.23 bits per heavy atom. The fourth-order valence-corrected chi connectivity index (χ4v) is 4.72. The van der Waals surface area contributed by atoms with E-state index < -0.39 is 15.9 Å². The van der Waals surface area contributed by atoms with E-state index in [9.17, 15) is 13.2 Å². The predicted octanol–water partition coefficient (Wildman–Crippen LogP) is 3.72. The Balaban J connectivity index is 1.67. The lowest BCUT2D eigenvalue weighted by Crippen LogP contribution is -2.32. The predicted molar refractivity (Wildman–Crippen MR) is 117 cm³/mol. The highest BCUT2D eigenvalue weighted by molar-refractivity contribution is 7.89. The molecule has 0 unspecified atom stereocenters. The van der Waals surface area contributed by atoms with Crippen LogP contribution in [0.25, 0.3) is 0 Å². The molecule has 3 rings (SSSR count). The molecule has 9 heteroatoms. The molecular weight excluding hydrogens is 416 g/mol. The Hall–Kier alpha value is -3.04. The van der Waals surface area contributed by atoms with Crippen molar-refractivity contribution in [2.24, 2.45) is 0 Å². The van der Waals surface area contributed by atoms with Gasteiger partial charge >= 0.3 is 6.01 Å². The molecule has 8 nitrogen and oxygen atoms in total. The first-order valence-electron chi connectivity index (χ1n) is 10.2. The molecule has 0 atom stereocenters. The molecule has 1 N–H and O–H groups in total. The van der Waals surface area contributed by atoms with Crippen molar-refractivity contribution in [2.45, 2.75) is 38.0 Å². The first-order chi connectivity index (χ1) is 14.9. The van der Waals surface area contributed by atoms with Crippen LogP contribution >= 0.6 is 0 Å². The fourth-order valence-electron chi connectivity index (χ4n) is 3.09. The fraction of sp³-hybridized carbons (Fsp3) is 0.318. The molecule has 164 valence electrons. The minimum absolute atomic E-state index is 0.00954. The maximum atomic E-state index is 12.8. The SMILES string of the molecule is CCCN(CCC)S(=O)(=O)c1ccc(C(=O)Nc2nnc(Cc3ccccc3)o2)cc1. The normalized spacial score (nSPS) is 11.6. The molecule has 1 aromatic heterocycles. The van der Waals surface area contributed by atoms with Gasteiger partial charge in [-0.15, -0.1) is 5.10 Å². The molecule has 0 aliphatic rings. The number of carbonyl (C=O) groups excluding carboxylic acids is 1. The van der Waals surface area contributed by atoms with Gasteiger partial charge in [0.05, 0.1) is 11.3 Å². The molecule has 3 aromatic rings. The van der Waals surface area contributed by atoms with Crippen LogP contribution in [0.1, 0.15) is 48.5 Å². The van der Waals surface area contributed by atoms with Gasteiger partial charge in [0.2, 0.25) is 15.9 Å². The third kappa shape index (κ3) is 5.77. The van der Waals surface area contributed by atoms with Crippen molar-refractivity contribution >= 4 is 21.9 Å². The van der Waals surface area contributed by atoms with Crippen molar-refractivity contribution in [3.8, 4) is 0 Å². The largest absolute Gasteiger partial charge is 0.407 e. The Bertz CT molecular complexity index is 1090. The first kappa shape index (κ1) is 22.6. The lowest BCUT2D eigenvalue weighted by atomic mass is 10.2. The molecule has 31 heavy (non-hydrogen) atoms. The van der Waals surface area contributed by atoms with Gasteiger partial charge in [-0.05, 0) is 42.7 Å². The smallest absolute Gasteiger partial charge is 0.322 e. The van der Waals surface area contributed by atoms with E-state index in [0.717, 1.165) is 18.4 Å². The second kappa shape index (κ2) is 10.3. The van der Waals surface area contributed by atoms with Crippen LogP contribution in [0.15, 0.2) is 63.9 Å². The van der Waals surface area contributed by atoms with E-state index >= 15 is 0 Å². The van der Waals surface area contributed by atoms with Gasteiger partial charge in [0.1, 0.15) is 0 Å². The quantitative estimate of drug-likeness (QED) is 0.513. The zero-order valence-corrected chi connectivity index (χ0v) is 18.4. The summed E-state index contributed by atoms with van der Waals surface area (Å²) < 4.78 is 32.6. The van der Waals surface area contributed by atoms with Crippen molar-refractivity contribution in [3.05, 3.63) is 71.6 Å². The van der Waals surface area contributed by atoms with Crippen molar-refractivity contribution in [1.29, 1.82) is 0 Å². The van der Waals surface area contributed by atoms with Gasteiger partial charge in [-0.1, -0.05) is 49.3 Å². The molecule has 0 spiro atoms. The van der Waals surface area contributed by atoms with Crippen LogP contribution in [0.5, 0.6) is 0 Å². The zero-order chi connectivity index (χ0) is 22.3. The number of sulfonamides is 1. The second-order valence-corrected chi connectivity index (χ2v) is 8.98. The van der Waals surface area contributed by atoms with E-state index in [0.29, 0.717) is 31.0 Å². The molecule has 0 radical (unpaired) electrons. The van der Waals surface area contributed by atoms with Crippen molar-refractivity contribution in [2.75, 3.05) is 18.4 Å². The Labute approximate surface area is 182 Å². The van der Waals surface area contributed by atoms with Crippen molar-refractivity contribution < 1.29 is 17.6 Å². The van der Waals surface area contributed by atoms with Crippen LogP contribution in [-0.2, 0) is 16.4 Å². The average Bonchev–Trinajstić information content (AvgIpc) is 3.21. The van der Waals surface area contributed by atoms with Crippen LogP contribution < -0.4 is 5.32 Å². The number of hydrogen-bond donors (Lipinski definition) is 1. The summed E-state index contributed by atoms with van der Waals surface area (Å²) in [5.41, 5.74) is 1.31. The maximum Gasteiger partial charge on any atom is 0.322 e. The molecule has 0 aliphatic heterocycles. The lowest BCUT2D eigenvalue weighted by Gasteiger charge is -2.21. The lowest BCUT2D eigenvalue weighted by molar-refractivity contribution is 0.102. The maximum absolute atomic E-state index is 12.8. The monoisotopic (exact) mass is 442 g/mol. The third-order valence-corrected chi connectivity index (χ3v) is 6.50. The summed E-state index contributed by atoms with van der Waals surface area (Å²) in [5, 5.41) is 10.3. The van der Waals surface area contributed by atoms with Gasteiger partial charge in [0, 0.05) is 18.7 Å². The summed E-state index contributed by atoms with van der Waals surface area (Å²) in [7, 11) is -3.59.